The molecule has 0 aliphatic carbocycles. The Morgan fingerprint density at radius 1 is 0.500 bits per heavy atom. The van der Waals surface area contributed by atoms with E-state index in [-0.39, 0.29) is 45.1 Å². The predicted octanol–water partition coefficient (Wildman–Crippen LogP) is 6.05. The van der Waals surface area contributed by atoms with Gasteiger partial charge in [0.1, 0.15) is 11.4 Å². The number of carbonyl (C=O) groups excluding carboxylic acids is 2. The Balaban J connectivity index is 1.35. The highest BCUT2D eigenvalue weighted by molar-refractivity contribution is 6.54. The van der Waals surface area contributed by atoms with Gasteiger partial charge >= 0.3 is 11.3 Å². The summed E-state index contributed by atoms with van der Waals surface area (Å²) in [6.07, 6.45) is 0. The van der Waals surface area contributed by atoms with E-state index < -0.39 is 22.8 Å². The molecule has 0 aliphatic rings. The van der Waals surface area contributed by atoms with E-state index in [2.05, 4.69) is 19.9 Å². The zero-order valence-electron chi connectivity index (χ0n) is 22.6. The van der Waals surface area contributed by atoms with Crippen LogP contribution < -0.4 is 11.3 Å². The Kier molecular flexibility index (Phi) is 5.50. The van der Waals surface area contributed by atoms with Crippen molar-refractivity contribution in [1.29, 1.82) is 0 Å². The number of H-pyrrole nitrogens is 2. The third-order valence-electron chi connectivity index (χ3n) is 7.57. The number of ketones is 2. The molecule has 0 atom stereocenters. The van der Waals surface area contributed by atoms with Gasteiger partial charge in [-0.15, -0.1) is 0 Å². The maximum atomic E-state index is 14.3. The Morgan fingerprint density at radius 3 is 1.30 bits per heavy atom. The number of benzene rings is 4. The van der Waals surface area contributed by atoms with Crippen LogP contribution in [0.5, 0.6) is 0 Å². The van der Waals surface area contributed by atoms with E-state index in [0.29, 0.717) is 32.8 Å². The number of aromatic amines is 2. The average molecular weight is 579 g/mol. The lowest BCUT2D eigenvalue weighted by atomic mass is 9.96. The zero-order valence-corrected chi connectivity index (χ0v) is 22.6. The van der Waals surface area contributed by atoms with Gasteiger partial charge in [-0.25, -0.2) is 19.6 Å². The molecular formula is C34H18N4O6. The second-order valence-corrected chi connectivity index (χ2v) is 10.1. The molecule has 0 fully saturated rings. The summed E-state index contributed by atoms with van der Waals surface area (Å²) in [5.74, 6) is -2.04. The fourth-order valence-electron chi connectivity index (χ4n) is 5.55. The number of aromatic nitrogens is 4. The van der Waals surface area contributed by atoms with Gasteiger partial charge in [0.25, 0.3) is 0 Å². The lowest BCUT2D eigenvalue weighted by Crippen LogP contribution is -2.17. The third kappa shape index (κ3) is 3.82. The first kappa shape index (κ1) is 25.3. The van der Waals surface area contributed by atoms with Crippen LogP contribution in [0.2, 0.25) is 0 Å². The highest BCUT2D eigenvalue weighted by atomic mass is 16.4. The molecule has 4 aromatic carbocycles. The molecule has 0 spiro atoms. The van der Waals surface area contributed by atoms with Crippen LogP contribution in [0.3, 0.4) is 0 Å². The largest absolute Gasteiger partial charge is 0.401 e. The normalized spacial score (nSPS) is 11.5. The van der Waals surface area contributed by atoms with E-state index in [1.807, 2.05) is 0 Å². The SMILES string of the molecule is O=C(C(=O)c1c(-c2nc3ccccc3c(=O)o2)[nH]c2ccccc12)c1c(-c2nc3ccccc3c(=O)o2)[nH]c2ccccc12. The van der Waals surface area contributed by atoms with E-state index in [9.17, 15) is 19.2 Å². The maximum absolute atomic E-state index is 14.3. The van der Waals surface area contributed by atoms with Crippen molar-refractivity contribution in [3.63, 3.8) is 0 Å². The van der Waals surface area contributed by atoms with Gasteiger partial charge in [0, 0.05) is 21.8 Å². The zero-order chi connectivity index (χ0) is 29.9. The number of para-hydroxylation sites is 4. The molecule has 4 heterocycles. The average Bonchev–Trinajstić information content (AvgIpc) is 3.63. The minimum Gasteiger partial charge on any atom is -0.401 e. The van der Waals surface area contributed by atoms with Crippen LogP contribution in [-0.2, 0) is 0 Å². The van der Waals surface area contributed by atoms with Crippen molar-refractivity contribution < 1.29 is 18.4 Å². The molecule has 0 unspecified atom stereocenters. The molecule has 10 heteroatoms. The van der Waals surface area contributed by atoms with Gasteiger partial charge in [-0.05, 0) is 36.4 Å². The van der Waals surface area contributed by atoms with Gasteiger partial charge in [0.2, 0.25) is 23.3 Å². The first-order valence-corrected chi connectivity index (χ1v) is 13.6. The van der Waals surface area contributed by atoms with Crippen molar-refractivity contribution in [2.75, 3.05) is 0 Å². The van der Waals surface area contributed by atoms with Crippen LogP contribution in [-0.4, -0.2) is 31.5 Å². The Labute approximate surface area is 245 Å². The van der Waals surface area contributed by atoms with Crippen molar-refractivity contribution in [3.05, 3.63) is 129 Å². The summed E-state index contributed by atoms with van der Waals surface area (Å²) >= 11 is 0. The topological polar surface area (TPSA) is 152 Å². The molecule has 210 valence electrons. The lowest BCUT2D eigenvalue weighted by Gasteiger charge is -2.06. The Bertz CT molecular complexity index is 2420. The monoisotopic (exact) mass is 578 g/mol. The minimum absolute atomic E-state index is 0.0133. The van der Waals surface area contributed by atoms with E-state index in [0.717, 1.165) is 0 Å². The van der Waals surface area contributed by atoms with Crippen molar-refractivity contribution >= 4 is 55.2 Å². The summed E-state index contributed by atoms with van der Waals surface area (Å²) in [6.45, 7) is 0. The predicted molar refractivity (Wildman–Crippen MR) is 164 cm³/mol. The van der Waals surface area contributed by atoms with Gasteiger partial charge in [-0.3, -0.25) is 9.59 Å². The van der Waals surface area contributed by atoms with Crippen LogP contribution in [0.15, 0.2) is 115 Å². The van der Waals surface area contributed by atoms with Crippen molar-refractivity contribution in [2.24, 2.45) is 0 Å². The van der Waals surface area contributed by atoms with Gasteiger partial charge in [0.05, 0.1) is 32.9 Å². The highest BCUT2D eigenvalue weighted by Gasteiger charge is 2.32. The van der Waals surface area contributed by atoms with Gasteiger partial charge in [-0.2, -0.15) is 0 Å². The van der Waals surface area contributed by atoms with Crippen molar-refractivity contribution in [3.8, 4) is 23.2 Å². The van der Waals surface area contributed by atoms with E-state index in [4.69, 9.17) is 8.83 Å². The third-order valence-corrected chi connectivity index (χ3v) is 7.57. The minimum atomic E-state index is -0.885. The number of fused-ring (bicyclic) bond motifs is 4. The van der Waals surface area contributed by atoms with Crippen LogP contribution >= 0.6 is 0 Å². The van der Waals surface area contributed by atoms with Crippen LogP contribution in [0.4, 0.5) is 0 Å². The molecule has 0 saturated carbocycles. The van der Waals surface area contributed by atoms with Crippen LogP contribution in [0, 0.1) is 0 Å². The fraction of sp³-hybridized carbons (Fsp3) is 0. The number of rotatable bonds is 5. The Morgan fingerprint density at radius 2 is 0.864 bits per heavy atom. The number of nitrogens with one attached hydrogen (secondary N) is 2. The molecule has 0 radical (unpaired) electrons. The van der Waals surface area contributed by atoms with Crippen LogP contribution in [0.1, 0.15) is 20.7 Å². The lowest BCUT2D eigenvalue weighted by molar-refractivity contribution is 0.0819. The van der Waals surface area contributed by atoms with E-state index in [1.54, 1.807) is 97.1 Å². The number of Topliss-reactive ketones (excluding diaryl/α,β-unsaturated/α-hetero) is 2. The smallest absolute Gasteiger partial charge is 0.347 e. The molecule has 0 bridgehead atoms. The molecule has 8 rings (SSSR count). The summed E-state index contributed by atoms with van der Waals surface area (Å²) < 4.78 is 11.1. The van der Waals surface area contributed by atoms with Gasteiger partial charge in [-0.1, -0.05) is 60.7 Å². The number of carbonyl (C=O) groups is 2. The summed E-state index contributed by atoms with van der Waals surface area (Å²) in [5, 5.41) is 1.44. The summed E-state index contributed by atoms with van der Waals surface area (Å²) in [7, 11) is 0. The second-order valence-electron chi connectivity index (χ2n) is 10.1. The van der Waals surface area contributed by atoms with Crippen molar-refractivity contribution in [1.82, 2.24) is 19.9 Å². The van der Waals surface area contributed by atoms with Gasteiger partial charge in [0.15, 0.2) is 0 Å². The molecule has 44 heavy (non-hydrogen) atoms. The molecule has 10 nitrogen and oxygen atoms in total. The summed E-state index contributed by atoms with van der Waals surface area (Å²) in [6, 6.07) is 27.2. The summed E-state index contributed by atoms with van der Waals surface area (Å²) in [5.41, 5.74) is 0.706. The number of nitrogens with zero attached hydrogens (tertiary/aromatic N) is 2. The standard InChI is InChI=1S/C34H18N4O6/c39-29(25-17-9-1-5-13-21(17)35-27(25)31-37-23-15-7-3-11-19(23)33(41)43-31)30(40)26-18-10-2-6-14-22(18)36-28(26)32-38-24-16-8-4-12-20(24)34(42)44-32/h1-16,35-36H. The molecule has 0 saturated heterocycles. The maximum Gasteiger partial charge on any atom is 0.347 e. The summed E-state index contributed by atoms with van der Waals surface area (Å²) in [4.78, 5) is 69.5. The molecule has 0 aliphatic heterocycles. The Hall–Kier alpha value is -6.42. The number of hydrogen-bond acceptors (Lipinski definition) is 8. The van der Waals surface area contributed by atoms with Gasteiger partial charge < -0.3 is 18.8 Å². The first-order valence-electron chi connectivity index (χ1n) is 13.6. The van der Waals surface area contributed by atoms with E-state index >= 15 is 0 Å². The molecular weight excluding hydrogens is 560 g/mol. The molecule has 0 amide bonds. The molecule has 4 aromatic heterocycles. The fourth-order valence-corrected chi connectivity index (χ4v) is 5.55. The molecule has 8 aromatic rings. The second kappa shape index (κ2) is 9.57. The van der Waals surface area contributed by atoms with Crippen molar-refractivity contribution in [2.45, 2.75) is 0 Å². The van der Waals surface area contributed by atoms with E-state index in [1.165, 1.54) is 0 Å². The first-order chi connectivity index (χ1) is 21.5. The highest BCUT2D eigenvalue weighted by Crippen LogP contribution is 2.34. The van der Waals surface area contributed by atoms with Crippen LogP contribution in [0.25, 0.3) is 66.8 Å². The quantitative estimate of drug-likeness (QED) is 0.185. The number of hydrogen-bond donors (Lipinski definition) is 2. The molecule has 2 N–H and O–H groups in total.